The lowest BCUT2D eigenvalue weighted by atomic mass is 10.1. The van der Waals surface area contributed by atoms with Crippen molar-refractivity contribution in [1.29, 1.82) is 0 Å². The molecule has 0 aliphatic heterocycles. The van der Waals surface area contributed by atoms with E-state index in [0.717, 1.165) is 44.1 Å². The molecule has 0 radical (unpaired) electrons. The number of hydrogen-bond acceptors (Lipinski definition) is 4. The first-order valence-electron chi connectivity index (χ1n) is 7.81. The average Bonchev–Trinajstić information content (AvgIpc) is 2.48. The van der Waals surface area contributed by atoms with Crippen LogP contribution in [0.3, 0.4) is 0 Å². The van der Waals surface area contributed by atoms with Crippen molar-refractivity contribution < 1.29 is 0 Å². The largest absolute Gasteiger partial charge is 0.357 e. The Bertz CT molecular complexity index is 374. The smallest absolute Gasteiger partial charge is 0.128 e. The van der Waals surface area contributed by atoms with E-state index in [4.69, 9.17) is 5.73 Å². The summed E-state index contributed by atoms with van der Waals surface area (Å²) in [6.45, 7) is 14.0. The van der Waals surface area contributed by atoms with Crippen LogP contribution < -0.4 is 10.6 Å². The first-order valence-corrected chi connectivity index (χ1v) is 7.81. The molecule has 0 aliphatic carbocycles. The average molecular weight is 278 g/mol. The molecule has 1 heterocycles. The number of nitrogens with two attached hydrogens (primary N) is 1. The third kappa shape index (κ3) is 5.10. The maximum atomic E-state index is 5.95. The van der Waals surface area contributed by atoms with E-state index in [0.29, 0.717) is 0 Å². The van der Waals surface area contributed by atoms with Crippen LogP contribution in [-0.4, -0.2) is 42.6 Å². The molecule has 0 amide bonds. The molecule has 4 nitrogen and oxygen atoms in total. The predicted octanol–water partition coefficient (Wildman–Crippen LogP) is 2.66. The van der Waals surface area contributed by atoms with E-state index in [9.17, 15) is 0 Å². The van der Waals surface area contributed by atoms with Crippen LogP contribution in [0.4, 0.5) is 5.82 Å². The monoisotopic (exact) mass is 278 g/mol. The molecule has 20 heavy (non-hydrogen) atoms. The van der Waals surface area contributed by atoms with Crippen molar-refractivity contribution in [2.24, 2.45) is 5.73 Å². The van der Waals surface area contributed by atoms with E-state index in [2.05, 4.69) is 41.6 Å². The fourth-order valence-electron chi connectivity index (χ4n) is 2.35. The third-order valence-electron chi connectivity index (χ3n) is 3.80. The summed E-state index contributed by atoms with van der Waals surface area (Å²) in [4.78, 5) is 9.27. The first-order chi connectivity index (χ1) is 9.62. The van der Waals surface area contributed by atoms with E-state index in [1.165, 1.54) is 6.42 Å². The summed E-state index contributed by atoms with van der Waals surface area (Å²) in [5.41, 5.74) is 7.10. The molecule has 114 valence electrons. The molecule has 4 heteroatoms. The Labute approximate surface area is 124 Å². The molecule has 0 fully saturated rings. The summed E-state index contributed by atoms with van der Waals surface area (Å²) < 4.78 is 0. The van der Waals surface area contributed by atoms with Gasteiger partial charge in [0.15, 0.2) is 0 Å². The summed E-state index contributed by atoms with van der Waals surface area (Å²) in [7, 11) is 0. The summed E-state index contributed by atoms with van der Waals surface area (Å²) in [5.74, 6) is 1.04. The molecule has 0 aliphatic rings. The molecule has 1 unspecified atom stereocenters. The van der Waals surface area contributed by atoms with Crippen molar-refractivity contribution in [1.82, 2.24) is 9.88 Å². The maximum Gasteiger partial charge on any atom is 0.128 e. The van der Waals surface area contributed by atoms with Crippen LogP contribution in [0.5, 0.6) is 0 Å². The molecule has 0 aromatic carbocycles. The quantitative estimate of drug-likeness (QED) is 0.754. The Kier molecular flexibility index (Phi) is 7.55. The lowest BCUT2D eigenvalue weighted by Gasteiger charge is -2.25. The number of hydrogen-bond donors (Lipinski definition) is 1. The van der Waals surface area contributed by atoms with Crippen LogP contribution in [0.25, 0.3) is 0 Å². The van der Waals surface area contributed by atoms with Gasteiger partial charge in [-0.2, -0.15) is 0 Å². The van der Waals surface area contributed by atoms with Gasteiger partial charge in [0.1, 0.15) is 5.82 Å². The normalized spacial score (nSPS) is 12.7. The van der Waals surface area contributed by atoms with Gasteiger partial charge in [-0.3, -0.25) is 0 Å². The van der Waals surface area contributed by atoms with E-state index in [1.807, 2.05) is 19.2 Å². The van der Waals surface area contributed by atoms with Crippen molar-refractivity contribution in [3.63, 3.8) is 0 Å². The zero-order valence-electron chi connectivity index (χ0n) is 13.5. The highest BCUT2D eigenvalue weighted by molar-refractivity contribution is 5.41. The molecule has 1 aromatic heterocycles. The van der Waals surface area contributed by atoms with Crippen LogP contribution >= 0.6 is 0 Å². The molecular weight excluding hydrogens is 248 g/mol. The zero-order chi connectivity index (χ0) is 15.0. The van der Waals surface area contributed by atoms with Crippen molar-refractivity contribution >= 4 is 5.82 Å². The predicted molar refractivity (Wildman–Crippen MR) is 87.1 cm³/mol. The molecule has 0 spiro atoms. The fourth-order valence-corrected chi connectivity index (χ4v) is 2.35. The number of nitrogens with zero attached hydrogens (tertiary/aromatic N) is 3. The van der Waals surface area contributed by atoms with Crippen molar-refractivity contribution in [3.8, 4) is 0 Å². The summed E-state index contributed by atoms with van der Waals surface area (Å²) in [6.07, 6.45) is 3.03. The first kappa shape index (κ1) is 16.9. The molecule has 2 N–H and O–H groups in total. The van der Waals surface area contributed by atoms with Gasteiger partial charge < -0.3 is 15.5 Å². The van der Waals surface area contributed by atoms with Crippen LogP contribution in [0.1, 0.15) is 45.7 Å². The summed E-state index contributed by atoms with van der Waals surface area (Å²) in [6, 6.07) is 4.18. The van der Waals surface area contributed by atoms with Crippen LogP contribution in [0.2, 0.25) is 0 Å². The van der Waals surface area contributed by atoms with Crippen LogP contribution in [0.15, 0.2) is 18.3 Å². The van der Waals surface area contributed by atoms with E-state index < -0.39 is 0 Å². The minimum atomic E-state index is 0.0612. The molecule has 1 rings (SSSR count). The SMILES string of the molecule is CCN(CC)CCCN(CC)c1cc(C(C)N)ccn1. The van der Waals surface area contributed by atoms with Gasteiger partial charge in [-0.05, 0) is 57.6 Å². The Balaban J connectivity index is 2.59. The van der Waals surface area contributed by atoms with Gasteiger partial charge >= 0.3 is 0 Å². The minimum absolute atomic E-state index is 0.0612. The number of anilines is 1. The molecule has 1 atom stereocenters. The molecule has 0 saturated heterocycles. The highest BCUT2D eigenvalue weighted by atomic mass is 15.2. The second-order valence-electron chi connectivity index (χ2n) is 5.20. The fraction of sp³-hybridized carbons (Fsp3) is 0.688. The Morgan fingerprint density at radius 3 is 2.40 bits per heavy atom. The highest BCUT2D eigenvalue weighted by Gasteiger charge is 2.08. The molecule has 1 aromatic rings. The van der Waals surface area contributed by atoms with Gasteiger partial charge in [-0.1, -0.05) is 13.8 Å². The lowest BCUT2D eigenvalue weighted by Crippen LogP contribution is -2.30. The Hall–Kier alpha value is -1.13. The Morgan fingerprint density at radius 1 is 1.15 bits per heavy atom. The van der Waals surface area contributed by atoms with Gasteiger partial charge in [-0.15, -0.1) is 0 Å². The minimum Gasteiger partial charge on any atom is -0.357 e. The second-order valence-corrected chi connectivity index (χ2v) is 5.20. The lowest BCUT2D eigenvalue weighted by molar-refractivity contribution is 0.300. The van der Waals surface area contributed by atoms with Gasteiger partial charge in [0, 0.05) is 25.3 Å². The molecule has 0 saturated carbocycles. The van der Waals surface area contributed by atoms with Crippen molar-refractivity contribution in [3.05, 3.63) is 23.9 Å². The van der Waals surface area contributed by atoms with Crippen molar-refractivity contribution in [2.75, 3.05) is 37.6 Å². The van der Waals surface area contributed by atoms with Gasteiger partial charge in [-0.25, -0.2) is 4.98 Å². The zero-order valence-corrected chi connectivity index (χ0v) is 13.5. The van der Waals surface area contributed by atoms with Crippen LogP contribution in [-0.2, 0) is 0 Å². The molecular formula is C16H30N4. The van der Waals surface area contributed by atoms with Crippen molar-refractivity contribution in [2.45, 2.75) is 40.2 Å². The third-order valence-corrected chi connectivity index (χ3v) is 3.80. The second kappa shape index (κ2) is 8.93. The number of aromatic nitrogens is 1. The standard InChI is InChI=1S/C16H30N4/c1-5-19(6-2)11-8-12-20(7-3)16-13-15(14(4)17)9-10-18-16/h9-10,13-14H,5-8,11-12,17H2,1-4H3. The van der Waals surface area contributed by atoms with E-state index in [1.54, 1.807) is 0 Å². The number of rotatable bonds is 9. The summed E-state index contributed by atoms with van der Waals surface area (Å²) in [5, 5.41) is 0. The highest BCUT2D eigenvalue weighted by Crippen LogP contribution is 2.16. The Morgan fingerprint density at radius 2 is 1.85 bits per heavy atom. The van der Waals surface area contributed by atoms with E-state index in [-0.39, 0.29) is 6.04 Å². The van der Waals surface area contributed by atoms with Gasteiger partial charge in [0.05, 0.1) is 0 Å². The molecule has 0 bridgehead atoms. The number of pyridine rings is 1. The van der Waals surface area contributed by atoms with E-state index >= 15 is 0 Å². The summed E-state index contributed by atoms with van der Waals surface area (Å²) >= 11 is 0. The maximum absolute atomic E-state index is 5.95. The topological polar surface area (TPSA) is 45.4 Å². The van der Waals surface area contributed by atoms with Gasteiger partial charge in [0.2, 0.25) is 0 Å². The van der Waals surface area contributed by atoms with Gasteiger partial charge in [0.25, 0.3) is 0 Å². The van der Waals surface area contributed by atoms with Crippen LogP contribution in [0, 0.1) is 0 Å².